The second-order valence-electron chi connectivity index (χ2n) is 8.07. The summed E-state index contributed by atoms with van der Waals surface area (Å²) >= 11 is 11.9. The van der Waals surface area contributed by atoms with Gasteiger partial charge >= 0.3 is 0 Å². The van der Waals surface area contributed by atoms with Crippen molar-refractivity contribution in [3.63, 3.8) is 0 Å². The van der Waals surface area contributed by atoms with Gasteiger partial charge in [-0.15, -0.1) is 0 Å². The van der Waals surface area contributed by atoms with Crippen LogP contribution in [0.2, 0.25) is 10.0 Å². The van der Waals surface area contributed by atoms with Crippen LogP contribution in [-0.2, 0) is 0 Å². The average Bonchev–Trinajstić information content (AvgIpc) is 2.60. The lowest BCUT2D eigenvalue weighted by atomic mass is 9.79. The molecular formula is C22H25Cl2N3O. The Morgan fingerprint density at radius 3 is 2.68 bits per heavy atom. The Balaban J connectivity index is 1.81. The zero-order valence-electron chi connectivity index (χ0n) is 16.8. The first kappa shape index (κ1) is 20.7. The molecule has 1 aliphatic heterocycles. The molecular weight excluding hydrogens is 393 g/mol. The molecule has 28 heavy (non-hydrogen) atoms. The number of hydrazone groups is 1. The van der Waals surface area contributed by atoms with E-state index in [1.807, 2.05) is 0 Å². The quantitative estimate of drug-likeness (QED) is 0.507. The number of halogens is 2. The summed E-state index contributed by atoms with van der Waals surface area (Å²) in [6.45, 7) is 8.86. The van der Waals surface area contributed by atoms with E-state index in [0.29, 0.717) is 21.5 Å². The number of hydrogen-bond acceptors (Lipinski definition) is 3. The number of benzene rings is 2. The zero-order chi connectivity index (χ0) is 20.6. The Kier molecular flexibility index (Phi) is 5.74. The summed E-state index contributed by atoms with van der Waals surface area (Å²) in [6, 6.07) is 9.12. The molecule has 0 saturated heterocycles. The van der Waals surface area contributed by atoms with E-state index in [-0.39, 0.29) is 11.4 Å². The fraction of sp³-hybridized carbons (Fsp3) is 0.364. The Bertz CT molecular complexity index is 953. The SMILES string of the molecule is Cc1cc2c(cc1/C=N\NC(=O)c1ccc(Cl)cc1Cl)C(C)CC(C)(C)N2C. The predicted octanol–water partition coefficient (Wildman–Crippen LogP) is 5.79. The van der Waals surface area contributed by atoms with Gasteiger partial charge < -0.3 is 4.90 Å². The minimum Gasteiger partial charge on any atom is -0.369 e. The van der Waals surface area contributed by atoms with Gasteiger partial charge in [0.1, 0.15) is 0 Å². The molecule has 1 heterocycles. The summed E-state index contributed by atoms with van der Waals surface area (Å²) in [5, 5.41) is 4.91. The largest absolute Gasteiger partial charge is 0.369 e. The number of nitrogens with one attached hydrogen (secondary N) is 1. The molecule has 2 aromatic carbocycles. The molecule has 0 radical (unpaired) electrons. The van der Waals surface area contributed by atoms with Gasteiger partial charge in [-0.1, -0.05) is 30.1 Å². The molecule has 0 aliphatic carbocycles. The lowest BCUT2D eigenvalue weighted by Gasteiger charge is -2.45. The number of carbonyl (C=O) groups is 1. The number of nitrogens with zero attached hydrogens (tertiary/aromatic N) is 2. The van der Waals surface area contributed by atoms with E-state index in [9.17, 15) is 4.79 Å². The monoisotopic (exact) mass is 417 g/mol. The molecule has 1 amide bonds. The highest BCUT2D eigenvalue weighted by molar-refractivity contribution is 6.36. The van der Waals surface area contributed by atoms with Crippen LogP contribution in [0.15, 0.2) is 35.4 Å². The highest BCUT2D eigenvalue weighted by Gasteiger charge is 2.34. The molecule has 1 atom stereocenters. The molecule has 6 heteroatoms. The number of hydrogen-bond donors (Lipinski definition) is 1. The first-order valence-corrected chi connectivity index (χ1v) is 10.0. The van der Waals surface area contributed by atoms with Gasteiger partial charge in [0.05, 0.1) is 16.8 Å². The molecule has 0 aromatic heterocycles. The first-order chi connectivity index (χ1) is 13.1. The maximum atomic E-state index is 12.3. The maximum Gasteiger partial charge on any atom is 0.272 e. The third-order valence-electron chi connectivity index (χ3n) is 5.57. The smallest absolute Gasteiger partial charge is 0.272 e. The Labute approximate surface area is 176 Å². The Hall–Kier alpha value is -2.04. The van der Waals surface area contributed by atoms with E-state index in [1.165, 1.54) is 17.3 Å². The second-order valence-corrected chi connectivity index (χ2v) is 8.91. The van der Waals surface area contributed by atoms with Crippen molar-refractivity contribution in [3.8, 4) is 0 Å². The van der Waals surface area contributed by atoms with E-state index in [4.69, 9.17) is 23.2 Å². The van der Waals surface area contributed by atoms with Crippen molar-refractivity contribution in [1.29, 1.82) is 0 Å². The van der Waals surface area contributed by atoms with Gasteiger partial charge in [-0.25, -0.2) is 5.43 Å². The summed E-state index contributed by atoms with van der Waals surface area (Å²) in [7, 11) is 2.15. The summed E-state index contributed by atoms with van der Waals surface area (Å²) in [6.07, 6.45) is 2.77. The van der Waals surface area contributed by atoms with E-state index in [0.717, 1.165) is 17.5 Å². The van der Waals surface area contributed by atoms with Crippen LogP contribution in [0.4, 0.5) is 5.69 Å². The van der Waals surface area contributed by atoms with Crippen LogP contribution in [0.5, 0.6) is 0 Å². The van der Waals surface area contributed by atoms with E-state index in [1.54, 1.807) is 18.3 Å². The van der Waals surface area contributed by atoms with Gasteiger partial charge in [0.25, 0.3) is 5.91 Å². The minimum atomic E-state index is -0.372. The predicted molar refractivity (Wildman–Crippen MR) is 118 cm³/mol. The van der Waals surface area contributed by atoms with Gasteiger partial charge in [0.2, 0.25) is 0 Å². The second kappa shape index (κ2) is 7.76. The number of fused-ring (bicyclic) bond motifs is 1. The highest BCUT2D eigenvalue weighted by atomic mass is 35.5. The number of rotatable bonds is 3. The molecule has 148 valence electrons. The van der Waals surface area contributed by atoms with E-state index in [2.05, 4.69) is 62.3 Å². The summed E-state index contributed by atoms with van der Waals surface area (Å²) in [5.74, 6) is 0.0831. The molecule has 4 nitrogen and oxygen atoms in total. The van der Waals surface area contributed by atoms with Crippen molar-refractivity contribution in [3.05, 3.63) is 62.6 Å². The molecule has 1 unspecified atom stereocenters. The lowest BCUT2D eigenvalue weighted by molar-refractivity contribution is 0.0955. The molecule has 0 spiro atoms. The van der Waals surface area contributed by atoms with Gasteiger partial charge in [0.15, 0.2) is 0 Å². The number of aryl methyl sites for hydroxylation is 1. The summed E-state index contributed by atoms with van der Waals surface area (Å²) < 4.78 is 0. The average molecular weight is 418 g/mol. The van der Waals surface area contributed by atoms with Gasteiger partial charge in [0, 0.05) is 23.3 Å². The third kappa shape index (κ3) is 4.03. The van der Waals surface area contributed by atoms with Crippen LogP contribution in [-0.4, -0.2) is 24.7 Å². The fourth-order valence-electron chi connectivity index (χ4n) is 3.77. The van der Waals surface area contributed by atoms with Crippen molar-refractivity contribution in [2.45, 2.75) is 45.6 Å². The van der Waals surface area contributed by atoms with Crippen LogP contribution in [0, 0.1) is 6.92 Å². The summed E-state index contributed by atoms with van der Waals surface area (Å²) in [5.41, 5.74) is 7.66. The lowest BCUT2D eigenvalue weighted by Crippen LogP contribution is -2.45. The fourth-order valence-corrected chi connectivity index (χ4v) is 4.26. The number of carbonyl (C=O) groups excluding carboxylic acids is 1. The standard InChI is InChI=1S/C22H25Cl2N3O/c1-13-8-20-18(14(2)11-22(3,4)27(20)5)9-15(13)12-25-26-21(28)17-7-6-16(23)10-19(17)24/h6-10,12,14H,11H2,1-5H3,(H,26,28)/b25-12-. The van der Waals surface area contributed by atoms with Crippen LogP contribution in [0.25, 0.3) is 0 Å². The number of anilines is 1. The topological polar surface area (TPSA) is 44.7 Å². The van der Waals surface area contributed by atoms with Crippen LogP contribution >= 0.6 is 23.2 Å². The van der Waals surface area contributed by atoms with Crippen molar-refractivity contribution < 1.29 is 4.79 Å². The molecule has 3 rings (SSSR count). The Morgan fingerprint density at radius 2 is 2.00 bits per heavy atom. The number of amides is 1. The van der Waals surface area contributed by atoms with E-state index < -0.39 is 0 Å². The van der Waals surface area contributed by atoms with Crippen molar-refractivity contribution in [2.75, 3.05) is 11.9 Å². The van der Waals surface area contributed by atoms with Crippen LogP contribution in [0.3, 0.4) is 0 Å². The summed E-state index contributed by atoms with van der Waals surface area (Å²) in [4.78, 5) is 14.6. The third-order valence-corrected chi connectivity index (χ3v) is 6.11. The van der Waals surface area contributed by atoms with Gasteiger partial charge in [-0.3, -0.25) is 4.79 Å². The Morgan fingerprint density at radius 1 is 1.29 bits per heavy atom. The van der Waals surface area contributed by atoms with Crippen molar-refractivity contribution in [1.82, 2.24) is 5.43 Å². The minimum absolute atomic E-state index is 0.125. The van der Waals surface area contributed by atoms with Crippen molar-refractivity contribution in [2.24, 2.45) is 5.10 Å². The van der Waals surface area contributed by atoms with Crippen LogP contribution < -0.4 is 10.3 Å². The van der Waals surface area contributed by atoms with Crippen LogP contribution in [0.1, 0.15) is 60.2 Å². The molecule has 0 fully saturated rings. The molecule has 2 aromatic rings. The van der Waals surface area contributed by atoms with Gasteiger partial charge in [-0.2, -0.15) is 5.10 Å². The molecule has 1 aliphatic rings. The highest BCUT2D eigenvalue weighted by Crippen LogP contribution is 2.43. The van der Waals surface area contributed by atoms with Gasteiger partial charge in [-0.05, 0) is 80.1 Å². The molecule has 0 bridgehead atoms. The van der Waals surface area contributed by atoms with E-state index >= 15 is 0 Å². The molecule has 0 saturated carbocycles. The first-order valence-electron chi connectivity index (χ1n) is 9.27. The normalized spacial score (nSPS) is 18.2. The van der Waals surface area contributed by atoms with Crippen molar-refractivity contribution >= 4 is 41.0 Å². The molecule has 1 N–H and O–H groups in total. The maximum absolute atomic E-state index is 12.3. The zero-order valence-corrected chi connectivity index (χ0v) is 18.3.